The molecule has 1 aliphatic rings. The van der Waals surface area contributed by atoms with Crippen LogP contribution in [0.1, 0.15) is 38.2 Å². The number of benzene rings is 1. The Morgan fingerprint density at radius 3 is 2.25 bits per heavy atom. The Kier molecular flexibility index (Phi) is 7.09. The zero-order valence-corrected chi connectivity index (χ0v) is 14.6. The summed E-state index contributed by atoms with van der Waals surface area (Å²) in [4.78, 5) is 24.0. The highest BCUT2D eigenvalue weighted by Crippen LogP contribution is 2.38. The quantitative estimate of drug-likeness (QED) is 0.646. The van der Waals surface area contributed by atoms with Crippen LogP contribution in [0.2, 0.25) is 0 Å². The van der Waals surface area contributed by atoms with Gasteiger partial charge in [-0.25, -0.2) is 0 Å². The average molecular weight is 332 g/mol. The fraction of sp³-hybridized carbons (Fsp3) is 0.579. The lowest BCUT2D eigenvalue weighted by Crippen LogP contribution is -2.31. The number of rotatable bonds is 10. The number of amides is 2. The van der Waals surface area contributed by atoms with E-state index in [0.29, 0.717) is 13.0 Å². The van der Waals surface area contributed by atoms with Crippen molar-refractivity contribution in [2.45, 2.75) is 39.0 Å². The van der Waals surface area contributed by atoms with E-state index in [1.807, 2.05) is 24.3 Å². The third-order valence-corrected chi connectivity index (χ3v) is 4.42. The van der Waals surface area contributed by atoms with Crippen LogP contribution in [0.3, 0.4) is 0 Å². The molecule has 1 aromatic rings. The van der Waals surface area contributed by atoms with Crippen LogP contribution in [0.25, 0.3) is 0 Å². The third kappa shape index (κ3) is 5.55. The Bertz CT molecular complexity index is 542. The molecule has 2 N–H and O–H groups in total. The molecule has 5 heteroatoms. The molecular formula is C19H28N2O3. The molecule has 0 bridgehead atoms. The molecule has 0 spiro atoms. The molecule has 2 rings (SSSR count). The van der Waals surface area contributed by atoms with E-state index < -0.39 is 0 Å². The number of ether oxygens (including phenoxy) is 1. The third-order valence-electron chi connectivity index (χ3n) is 4.42. The highest BCUT2D eigenvalue weighted by atomic mass is 16.5. The maximum absolute atomic E-state index is 12.1. The van der Waals surface area contributed by atoms with E-state index in [1.54, 1.807) is 7.11 Å². The van der Waals surface area contributed by atoms with Gasteiger partial charge in [-0.2, -0.15) is 0 Å². The van der Waals surface area contributed by atoms with E-state index in [2.05, 4.69) is 17.6 Å². The molecule has 0 aliphatic heterocycles. The monoisotopic (exact) mass is 332 g/mol. The van der Waals surface area contributed by atoms with Crippen LogP contribution >= 0.6 is 0 Å². The Morgan fingerprint density at radius 1 is 1.04 bits per heavy atom. The van der Waals surface area contributed by atoms with Crippen molar-refractivity contribution in [2.75, 3.05) is 20.2 Å². The summed E-state index contributed by atoms with van der Waals surface area (Å²) >= 11 is 0. The van der Waals surface area contributed by atoms with Gasteiger partial charge in [-0.15, -0.1) is 0 Å². The lowest BCUT2D eigenvalue weighted by atomic mass is 10.1. The summed E-state index contributed by atoms with van der Waals surface area (Å²) in [5, 5.41) is 5.86. The number of carbonyl (C=O) groups excluding carboxylic acids is 2. The Labute approximate surface area is 144 Å². The van der Waals surface area contributed by atoms with Crippen molar-refractivity contribution in [3.63, 3.8) is 0 Å². The number of nitrogens with one attached hydrogen (secondary N) is 2. The second-order valence-electron chi connectivity index (χ2n) is 6.34. The SMILES string of the molecule is CCCCCNC(=O)C1CC1C(=O)NCCc1ccc(OC)cc1. The van der Waals surface area contributed by atoms with Crippen LogP contribution < -0.4 is 15.4 Å². The van der Waals surface area contributed by atoms with Crippen molar-refractivity contribution >= 4 is 11.8 Å². The Balaban J connectivity index is 1.62. The molecule has 24 heavy (non-hydrogen) atoms. The Morgan fingerprint density at radius 2 is 1.67 bits per heavy atom. The van der Waals surface area contributed by atoms with Gasteiger partial charge in [0.1, 0.15) is 5.75 Å². The van der Waals surface area contributed by atoms with Crippen LogP contribution in [0, 0.1) is 11.8 Å². The van der Waals surface area contributed by atoms with Crippen molar-refractivity contribution in [1.29, 1.82) is 0 Å². The van der Waals surface area contributed by atoms with Crippen LogP contribution in [-0.2, 0) is 16.0 Å². The fourth-order valence-corrected chi connectivity index (χ4v) is 2.75. The zero-order chi connectivity index (χ0) is 17.4. The molecule has 2 amide bonds. The largest absolute Gasteiger partial charge is 0.497 e. The molecule has 0 radical (unpaired) electrons. The minimum Gasteiger partial charge on any atom is -0.497 e. The lowest BCUT2D eigenvalue weighted by molar-refractivity contribution is -0.127. The smallest absolute Gasteiger partial charge is 0.223 e. The first-order chi connectivity index (χ1) is 11.7. The van der Waals surface area contributed by atoms with Crippen molar-refractivity contribution in [3.05, 3.63) is 29.8 Å². The lowest BCUT2D eigenvalue weighted by Gasteiger charge is -2.07. The molecule has 132 valence electrons. The molecule has 2 atom stereocenters. The predicted octanol–water partition coefficient (Wildman–Crippen LogP) is 2.30. The molecule has 0 heterocycles. The van der Waals surface area contributed by atoms with E-state index in [4.69, 9.17) is 4.74 Å². The number of methoxy groups -OCH3 is 1. The summed E-state index contributed by atoms with van der Waals surface area (Å²) in [7, 11) is 1.64. The first-order valence-corrected chi connectivity index (χ1v) is 8.84. The normalized spacial score (nSPS) is 18.8. The minimum atomic E-state index is -0.146. The molecule has 1 aromatic carbocycles. The van der Waals surface area contributed by atoms with Crippen LogP contribution in [0.4, 0.5) is 0 Å². The van der Waals surface area contributed by atoms with Crippen molar-refractivity contribution < 1.29 is 14.3 Å². The summed E-state index contributed by atoms with van der Waals surface area (Å²) < 4.78 is 5.12. The molecule has 1 saturated carbocycles. The standard InChI is InChI=1S/C19H28N2O3/c1-3-4-5-11-20-18(22)16-13-17(16)19(23)21-12-10-14-6-8-15(24-2)9-7-14/h6-9,16-17H,3-5,10-13H2,1-2H3,(H,20,22)(H,21,23). The van der Waals surface area contributed by atoms with Crippen LogP contribution in [0.5, 0.6) is 5.75 Å². The summed E-state index contributed by atoms with van der Waals surface area (Å²) in [6.07, 6.45) is 4.72. The molecular weight excluding hydrogens is 304 g/mol. The molecule has 1 aliphatic carbocycles. The van der Waals surface area contributed by atoms with Crippen molar-refractivity contribution in [2.24, 2.45) is 11.8 Å². The number of unbranched alkanes of at least 4 members (excludes halogenated alkanes) is 2. The van der Waals surface area contributed by atoms with Crippen molar-refractivity contribution in [1.82, 2.24) is 10.6 Å². The molecule has 0 aromatic heterocycles. The van der Waals surface area contributed by atoms with Gasteiger partial charge < -0.3 is 15.4 Å². The van der Waals surface area contributed by atoms with Gasteiger partial charge in [-0.05, 0) is 37.0 Å². The topological polar surface area (TPSA) is 67.4 Å². The zero-order valence-electron chi connectivity index (χ0n) is 14.6. The first kappa shape index (κ1) is 18.3. The number of hydrogen-bond acceptors (Lipinski definition) is 3. The second-order valence-corrected chi connectivity index (χ2v) is 6.34. The summed E-state index contributed by atoms with van der Waals surface area (Å²) in [5.41, 5.74) is 1.15. The maximum atomic E-state index is 12.1. The van der Waals surface area contributed by atoms with E-state index in [-0.39, 0.29) is 23.7 Å². The molecule has 1 fully saturated rings. The highest BCUT2D eigenvalue weighted by molar-refractivity contribution is 5.92. The first-order valence-electron chi connectivity index (χ1n) is 8.84. The second kappa shape index (κ2) is 9.30. The highest BCUT2D eigenvalue weighted by Gasteiger charge is 2.47. The van der Waals surface area contributed by atoms with E-state index in [0.717, 1.165) is 43.5 Å². The van der Waals surface area contributed by atoms with Crippen molar-refractivity contribution in [3.8, 4) is 5.75 Å². The van der Waals surface area contributed by atoms with Gasteiger partial charge in [0.2, 0.25) is 11.8 Å². The van der Waals surface area contributed by atoms with Gasteiger partial charge in [0.25, 0.3) is 0 Å². The molecule has 2 unspecified atom stereocenters. The van der Waals surface area contributed by atoms with Crippen LogP contribution in [-0.4, -0.2) is 32.0 Å². The minimum absolute atomic E-state index is 0.00257. The van der Waals surface area contributed by atoms with Gasteiger partial charge in [-0.1, -0.05) is 31.9 Å². The van der Waals surface area contributed by atoms with E-state index >= 15 is 0 Å². The number of hydrogen-bond donors (Lipinski definition) is 2. The molecule has 5 nitrogen and oxygen atoms in total. The summed E-state index contributed by atoms with van der Waals surface area (Å²) in [6.45, 7) is 3.44. The van der Waals surface area contributed by atoms with Gasteiger partial charge in [0.15, 0.2) is 0 Å². The van der Waals surface area contributed by atoms with Gasteiger partial charge in [0.05, 0.1) is 18.9 Å². The predicted molar refractivity (Wildman–Crippen MR) is 93.8 cm³/mol. The Hall–Kier alpha value is -2.04. The van der Waals surface area contributed by atoms with E-state index in [1.165, 1.54) is 0 Å². The van der Waals surface area contributed by atoms with E-state index in [9.17, 15) is 9.59 Å². The average Bonchev–Trinajstić information content (AvgIpc) is 3.40. The summed E-state index contributed by atoms with van der Waals surface area (Å²) in [5.74, 6) is 0.576. The van der Waals surface area contributed by atoms with Crippen LogP contribution in [0.15, 0.2) is 24.3 Å². The maximum Gasteiger partial charge on any atom is 0.223 e. The number of carbonyl (C=O) groups is 2. The molecule has 0 saturated heterocycles. The van der Waals surface area contributed by atoms with Gasteiger partial charge in [-0.3, -0.25) is 9.59 Å². The van der Waals surface area contributed by atoms with Gasteiger partial charge in [0, 0.05) is 13.1 Å². The fourth-order valence-electron chi connectivity index (χ4n) is 2.75. The summed E-state index contributed by atoms with van der Waals surface area (Å²) in [6, 6.07) is 7.82. The van der Waals surface area contributed by atoms with Gasteiger partial charge >= 0.3 is 0 Å².